The van der Waals surface area contributed by atoms with Gasteiger partial charge in [0.25, 0.3) is 0 Å². The minimum absolute atomic E-state index is 0.100. The molecule has 0 heterocycles. The zero-order chi connectivity index (χ0) is 19.8. The van der Waals surface area contributed by atoms with Crippen LogP contribution in [0.3, 0.4) is 0 Å². The summed E-state index contributed by atoms with van der Waals surface area (Å²) in [6.45, 7) is 7.46. The van der Waals surface area contributed by atoms with Crippen LogP contribution in [0, 0.1) is 5.92 Å². The van der Waals surface area contributed by atoms with Gasteiger partial charge in [-0.25, -0.2) is 0 Å². The molecule has 27 heavy (non-hydrogen) atoms. The Morgan fingerprint density at radius 2 is 1.44 bits per heavy atom. The Bertz CT molecular complexity index is 707. The number of nitrogens with zero attached hydrogens (tertiary/aromatic N) is 1. The smallest absolute Gasteiger partial charge is 0.219 e. The van der Waals surface area contributed by atoms with E-state index in [1.807, 2.05) is 41.3 Å². The number of hydrogen-bond donors (Lipinski definition) is 0. The highest BCUT2D eigenvalue weighted by atomic mass is 16.5. The SMILES string of the molecule is COc1ccc(CN(CC[C@@H](c2ccc(OC)cc2)C(C)C)C(C)=O)cc1. The molecule has 0 N–H and O–H groups in total. The first-order valence-electron chi connectivity index (χ1n) is 9.47. The summed E-state index contributed by atoms with van der Waals surface area (Å²) < 4.78 is 10.5. The van der Waals surface area contributed by atoms with Crippen molar-refractivity contribution in [3.8, 4) is 11.5 Å². The molecule has 0 saturated heterocycles. The lowest BCUT2D eigenvalue weighted by Crippen LogP contribution is -2.30. The molecule has 0 aliphatic rings. The molecule has 0 aromatic heterocycles. The molecule has 0 radical (unpaired) electrons. The molecule has 0 unspecified atom stereocenters. The number of ether oxygens (including phenoxy) is 2. The molecule has 146 valence electrons. The zero-order valence-corrected chi connectivity index (χ0v) is 17.1. The summed E-state index contributed by atoms with van der Waals surface area (Å²) in [7, 11) is 3.33. The van der Waals surface area contributed by atoms with E-state index in [4.69, 9.17) is 9.47 Å². The van der Waals surface area contributed by atoms with Crippen LogP contribution in [0.4, 0.5) is 0 Å². The lowest BCUT2D eigenvalue weighted by Gasteiger charge is -2.27. The van der Waals surface area contributed by atoms with Crippen LogP contribution in [0.5, 0.6) is 11.5 Å². The van der Waals surface area contributed by atoms with Gasteiger partial charge in [-0.15, -0.1) is 0 Å². The zero-order valence-electron chi connectivity index (χ0n) is 17.1. The van der Waals surface area contributed by atoms with Crippen molar-refractivity contribution in [1.29, 1.82) is 0 Å². The molecule has 0 aliphatic heterocycles. The van der Waals surface area contributed by atoms with Gasteiger partial charge in [-0.1, -0.05) is 38.1 Å². The van der Waals surface area contributed by atoms with Gasteiger partial charge in [0.15, 0.2) is 0 Å². The maximum absolute atomic E-state index is 12.2. The summed E-state index contributed by atoms with van der Waals surface area (Å²) >= 11 is 0. The number of carbonyl (C=O) groups is 1. The van der Waals surface area contributed by atoms with Gasteiger partial charge in [-0.05, 0) is 53.6 Å². The summed E-state index contributed by atoms with van der Waals surface area (Å²) in [5, 5.41) is 0. The predicted octanol–water partition coefficient (Wildman–Crippen LogP) is 4.88. The van der Waals surface area contributed by atoms with E-state index in [9.17, 15) is 4.79 Å². The van der Waals surface area contributed by atoms with Crippen molar-refractivity contribution in [2.24, 2.45) is 5.92 Å². The lowest BCUT2D eigenvalue weighted by molar-refractivity contribution is -0.129. The standard InChI is InChI=1S/C23H31NO3/c1-17(2)23(20-8-12-22(27-5)13-9-20)14-15-24(18(3)25)16-19-6-10-21(26-4)11-7-19/h6-13,17,23H,14-16H2,1-5H3/t23-/m1/s1. The molecule has 0 fully saturated rings. The molecule has 0 aliphatic carbocycles. The maximum Gasteiger partial charge on any atom is 0.219 e. The minimum atomic E-state index is 0.100. The third-order valence-electron chi connectivity index (χ3n) is 5.04. The second kappa shape index (κ2) is 10.0. The van der Waals surface area contributed by atoms with Crippen molar-refractivity contribution in [2.75, 3.05) is 20.8 Å². The number of amides is 1. The third-order valence-corrected chi connectivity index (χ3v) is 5.04. The molecule has 0 saturated carbocycles. The van der Waals surface area contributed by atoms with E-state index in [1.165, 1.54) is 5.56 Å². The van der Waals surface area contributed by atoms with Gasteiger partial charge in [0, 0.05) is 20.0 Å². The van der Waals surface area contributed by atoms with E-state index < -0.39 is 0 Å². The fraction of sp³-hybridized carbons (Fsp3) is 0.435. The Labute approximate surface area is 163 Å². The lowest BCUT2D eigenvalue weighted by atomic mass is 9.85. The third kappa shape index (κ3) is 6.02. The van der Waals surface area contributed by atoms with Crippen LogP contribution >= 0.6 is 0 Å². The number of carbonyl (C=O) groups excluding carboxylic acids is 1. The van der Waals surface area contributed by atoms with E-state index >= 15 is 0 Å². The average Bonchev–Trinajstić information content (AvgIpc) is 2.67. The van der Waals surface area contributed by atoms with Crippen LogP contribution in [0.2, 0.25) is 0 Å². The van der Waals surface area contributed by atoms with E-state index in [2.05, 4.69) is 26.0 Å². The number of benzene rings is 2. The predicted molar refractivity (Wildman–Crippen MR) is 109 cm³/mol. The summed E-state index contributed by atoms with van der Waals surface area (Å²) in [6, 6.07) is 16.2. The monoisotopic (exact) mass is 369 g/mol. The highest BCUT2D eigenvalue weighted by Crippen LogP contribution is 2.29. The van der Waals surface area contributed by atoms with Gasteiger partial charge >= 0.3 is 0 Å². The van der Waals surface area contributed by atoms with Crippen LogP contribution in [0.25, 0.3) is 0 Å². The molecule has 0 bridgehead atoms. The number of hydrogen-bond acceptors (Lipinski definition) is 3. The summed E-state index contributed by atoms with van der Waals surface area (Å²) in [6.07, 6.45) is 0.930. The molecule has 1 amide bonds. The normalized spacial score (nSPS) is 11.9. The Hall–Kier alpha value is -2.49. The molecule has 1 atom stereocenters. The molecule has 2 rings (SSSR count). The van der Waals surface area contributed by atoms with E-state index in [1.54, 1.807) is 21.1 Å². The summed E-state index contributed by atoms with van der Waals surface area (Å²) in [4.78, 5) is 14.1. The minimum Gasteiger partial charge on any atom is -0.497 e. The van der Waals surface area contributed by atoms with Gasteiger partial charge in [0.2, 0.25) is 5.91 Å². The summed E-state index contributed by atoms with van der Waals surface area (Å²) in [5.74, 6) is 2.68. The molecule has 0 spiro atoms. The van der Waals surface area contributed by atoms with E-state index in [0.717, 1.165) is 30.0 Å². The quantitative estimate of drug-likeness (QED) is 0.632. The first-order valence-corrected chi connectivity index (χ1v) is 9.47. The van der Waals surface area contributed by atoms with Crippen molar-refractivity contribution in [3.63, 3.8) is 0 Å². The van der Waals surface area contributed by atoms with Crippen molar-refractivity contribution in [3.05, 3.63) is 59.7 Å². The largest absolute Gasteiger partial charge is 0.497 e. The van der Waals surface area contributed by atoms with Crippen molar-refractivity contribution < 1.29 is 14.3 Å². The Balaban J connectivity index is 2.05. The maximum atomic E-state index is 12.2. The first-order chi connectivity index (χ1) is 12.9. The molecule has 4 nitrogen and oxygen atoms in total. The fourth-order valence-electron chi connectivity index (χ4n) is 3.33. The van der Waals surface area contributed by atoms with Crippen LogP contribution in [-0.2, 0) is 11.3 Å². The molecule has 2 aromatic carbocycles. The highest BCUT2D eigenvalue weighted by molar-refractivity contribution is 5.73. The Kier molecular flexibility index (Phi) is 7.71. The molecule has 2 aromatic rings. The first kappa shape index (κ1) is 20.8. The van der Waals surface area contributed by atoms with Gasteiger partial charge in [-0.3, -0.25) is 4.79 Å². The fourth-order valence-corrected chi connectivity index (χ4v) is 3.33. The van der Waals surface area contributed by atoms with Gasteiger partial charge < -0.3 is 14.4 Å². The molecular weight excluding hydrogens is 338 g/mol. The number of rotatable bonds is 9. The van der Waals surface area contributed by atoms with Crippen molar-refractivity contribution >= 4 is 5.91 Å². The molecule has 4 heteroatoms. The highest BCUT2D eigenvalue weighted by Gasteiger charge is 2.19. The van der Waals surface area contributed by atoms with Crippen molar-refractivity contribution in [2.45, 2.75) is 39.7 Å². The Morgan fingerprint density at radius 3 is 1.89 bits per heavy atom. The second-order valence-electron chi connectivity index (χ2n) is 7.20. The second-order valence-corrected chi connectivity index (χ2v) is 7.20. The number of methoxy groups -OCH3 is 2. The van der Waals surface area contributed by atoms with Crippen LogP contribution in [0.1, 0.15) is 44.2 Å². The summed E-state index contributed by atoms with van der Waals surface area (Å²) in [5.41, 5.74) is 2.40. The van der Waals surface area contributed by atoms with Gasteiger partial charge in [-0.2, -0.15) is 0 Å². The molecular formula is C23H31NO3. The van der Waals surface area contributed by atoms with Gasteiger partial charge in [0.1, 0.15) is 11.5 Å². The Morgan fingerprint density at radius 1 is 0.926 bits per heavy atom. The van der Waals surface area contributed by atoms with Gasteiger partial charge in [0.05, 0.1) is 14.2 Å². The van der Waals surface area contributed by atoms with Crippen LogP contribution in [-0.4, -0.2) is 31.6 Å². The van der Waals surface area contributed by atoms with Crippen LogP contribution < -0.4 is 9.47 Å². The van der Waals surface area contributed by atoms with E-state index in [0.29, 0.717) is 18.4 Å². The van der Waals surface area contributed by atoms with Crippen molar-refractivity contribution in [1.82, 2.24) is 4.90 Å². The van der Waals surface area contributed by atoms with E-state index in [-0.39, 0.29) is 5.91 Å². The average molecular weight is 370 g/mol. The van der Waals surface area contributed by atoms with Crippen LogP contribution in [0.15, 0.2) is 48.5 Å². The topological polar surface area (TPSA) is 38.8 Å².